The smallest absolute Gasteiger partial charge is 0.229 e. The molecule has 0 spiro atoms. The van der Waals surface area contributed by atoms with Gasteiger partial charge in [0.25, 0.3) is 0 Å². The Bertz CT molecular complexity index is 592. The van der Waals surface area contributed by atoms with Crippen molar-refractivity contribution in [1.29, 1.82) is 0 Å². The molecule has 0 atom stereocenters. The second-order valence-corrected chi connectivity index (χ2v) is 4.60. The van der Waals surface area contributed by atoms with Crippen LogP contribution >= 0.6 is 0 Å². The molecule has 112 valence electrons. The second-order valence-electron chi connectivity index (χ2n) is 4.60. The fourth-order valence-electron chi connectivity index (χ4n) is 1.83. The first-order valence-corrected chi connectivity index (χ1v) is 6.79. The number of methoxy groups -OCH3 is 1. The number of ether oxygens (including phenoxy) is 1. The Morgan fingerprint density at radius 2 is 2.05 bits per heavy atom. The van der Waals surface area contributed by atoms with Gasteiger partial charge in [-0.3, -0.25) is 0 Å². The minimum atomic E-state index is -0.336. The van der Waals surface area contributed by atoms with Crippen molar-refractivity contribution in [3.05, 3.63) is 41.8 Å². The fraction of sp³-hybridized carbons (Fsp3) is 0.333. The first-order valence-electron chi connectivity index (χ1n) is 6.79. The van der Waals surface area contributed by atoms with E-state index in [1.807, 2.05) is 13.0 Å². The highest BCUT2D eigenvalue weighted by molar-refractivity contribution is 5.55. The third kappa shape index (κ3) is 4.68. The standard InChI is InChI=1S/C15H19FN4O/c1-11-10-14(17-8-5-9-21-2)20-15(18-11)19-13-7-4-3-6-12(13)16/h3-4,6-7,10H,5,8-9H2,1-2H3,(H2,17,18,19,20). The number of hydrogen-bond acceptors (Lipinski definition) is 5. The van der Waals surface area contributed by atoms with E-state index in [2.05, 4.69) is 20.6 Å². The predicted molar refractivity (Wildman–Crippen MR) is 81.4 cm³/mol. The Morgan fingerprint density at radius 3 is 2.81 bits per heavy atom. The van der Waals surface area contributed by atoms with Crippen LogP contribution in [0.25, 0.3) is 0 Å². The normalized spacial score (nSPS) is 10.4. The lowest BCUT2D eigenvalue weighted by molar-refractivity contribution is 0.198. The monoisotopic (exact) mass is 290 g/mol. The van der Waals surface area contributed by atoms with E-state index in [1.165, 1.54) is 6.07 Å². The highest BCUT2D eigenvalue weighted by Crippen LogP contribution is 2.18. The molecule has 0 fully saturated rings. The summed E-state index contributed by atoms with van der Waals surface area (Å²) in [4.78, 5) is 8.59. The third-order valence-corrected chi connectivity index (χ3v) is 2.81. The van der Waals surface area contributed by atoms with Crippen LogP contribution in [0.3, 0.4) is 0 Å². The maximum Gasteiger partial charge on any atom is 0.229 e. The quantitative estimate of drug-likeness (QED) is 0.767. The molecule has 0 aliphatic carbocycles. The van der Waals surface area contributed by atoms with Crippen LogP contribution in [0, 0.1) is 12.7 Å². The van der Waals surface area contributed by atoms with Crippen molar-refractivity contribution < 1.29 is 9.13 Å². The molecule has 0 saturated carbocycles. The van der Waals surface area contributed by atoms with Gasteiger partial charge in [0.15, 0.2) is 0 Å². The first-order chi connectivity index (χ1) is 10.2. The van der Waals surface area contributed by atoms with E-state index in [1.54, 1.807) is 25.3 Å². The zero-order valence-corrected chi connectivity index (χ0v) is 12.2. The zero-order chi connectivity index (χ0) is 15.1. The van der Waals surface area contributed by atoms with Crippen LogP contribution in [0.2, 0.25) is 0 Å². The number of aromatic nitrogens is 2. The van der Waals surface area contributed by atoms with E-state index in [4.69, 9.17) is 4.74 Å². The molecule has 0 radical (unpaired) electrons. The SMILES string of the molecule is COCCCNc1cc(C)nc(Nc2ccccc2F)n1. The van der Waals surface area contributed by atoms with Crippen LogP contribution < -0.4 is 10.6 Å². The Balaban J connectivity index is 2.06. The lowest BCUT2D eigenvalue weighted by atomic mass is 10.3. The van der Waals surface area contributed by atoms with Gasteiger partial charge >= 0.3 is 0 Å². The number of halogens is 1. The zero-order valence-electron chi connectivity index (χ0n) is 12.2. The molecular weight excluding hydrogens is 271 g/mol. The molecule has 2 aromatic rings. The molecule has 21 heavy (non-hydrogen) atoms. The van der Waals surface area contributed by atoms with Crippen LogP contribution in [0.4, 0.5) is 21.8 Å². The van der Waals surface area contributed by atoms with Crippen LogP contribution in [-0.4, -0.2) is 30.2 Å². The summed E-state index contributed by atoms with van der Waals surface area (Å²) in [5.41, 5.74) is 1.16. The van der Waals surface area contributed by atoms with Gasteiger partial charge in [0.05, 0.1) is 5.69 Å². The highest BCUT2D eigenvalue weighted by Gasteiger charge is 2.05. The van der Waals surface area contributed by atoms with Crippen molar-refractivity contribution in [3.63, 3.8) is 0 Å². The molecule has 1 aromatic carbocycles. The minimum Gasteiger partial charge on any atom is -0.385 e. The number of benzene rings is 1. The third-order valence-electron chi connectivity index (χ3n) is 2.81. The topological polar surface area (TPSA) is 59.1 Å². The van der Waals surface area contributed by atoms with Gasteiger partial charge in [-0.25, -0.2) is 9.37 Å². The molecule has 2 N–H and O–H groups in total. The predicted octanol–water partition coefficient (Wildman–Crippen LogP) is 3.12. The van der Waals surface area contributed by atoms with E-state index < -0.39 is 0 Å². The Morgan fingerprint density at radius 1 is 1.24 bits per heavy atom. The molecule has 1 heterocycles. The number of aryl methyl sites for hydroxylation is 1. The Kier molecular flexibility index (Phi) is 5.45. The lowest BCUT2D eigenvalue weighted by Gasteiger charge is -2.10. The molecule has 2 rings (SSSR count). The molecule has 0 unspecified atom stereocenters. The number of nitrogens with one attached hydrogen (secondary N) is 2. The molecule has 1 aromatic heterocycles. The number of nitrogens with zero attached hydrogens (tertiary/aromatic N) is 2. The second kappa shape index (κ2) is 7.54. The van der Waals surface area contributed by atoms with Gasteiger partial charge in [0.1, 0.15) is 11.6 Å². The maximum atomic E-state index is 13.6. The molecule has 6 heteroatoms. The van der Waals surface area contributed by atoms with Crippen molar-refractivity contribution in [2.45, 2.75) is 13.3 Å². The van der Waals surface area contributed by atoms with Gasteiger partial charge < -0.3 is 15.4 Å². The van der Waals surface area contributed by atoms with Crippen LogP contribution in [0.5, 0.6) is 0 Å². The van der Waals surface area contributed by atoms with E-state index in [-0.39, 0.29) is 5.82 Å². The van der Waals surface area contributed by atoms with E-state index in [0.29, 0.717) is 24.1 Å². The van der Waals surface area contributed by atoms with Gasteiger partial charge in [-0.2, -0.15) is 4.98 Å². The Labute approximate surface area is 123 Å². The largest absolute Gasteiger partial charge is 0.385 e. The van der Waals surface area contributed by atoms with Crippen molar-refractivity contribution in [1.82, 2.24) is 9.97 Å². The van der Waals surface area contributed by atoms with E-state index in [0.717, 1.165) is 18.7 Å². The van der Waals surface area contributed by atoms with Gasteiger partial charge in [-0.1, -0.05) is 12.1 Å². The van der Waals surface area contributed by atoms with Gasteiger partial charge in [0, 0.05) is 32.0 Å². The van der Waals surface area contributed by atoms with Crippen molar-refractivity contribution in [2.24, 2.45) is 0 Å². The fourth-order valence-corrected chi connectivity index (χ4v) is 1.83. The lowest BCUT2D eigenvalue weighted by Crippen LogP contribution is -2.08. The molecule has 0 aliphatic heterocycles. The number of rotatable bonds is 7. The molecule has 0 amide bonds. The van der Waals surface area contributed by atoms with Gasteiger partial charge in [-0.05, 0) is 25.5 Å². The molecular formula is C15H19FN4O. The van der Waals surface area contributed by atoms with Crippen molar-refractivity contribution in [3.8, 4) is 0 Å². The van der Waals surface area contributed by atoms with Crippen molar-refractivity contribution >= 4 is 17.5 Å². The summed E-state index contributed by atoms with van der Waals surface area (Å²) in [6, 6.07) is 8.28. The van der Waals surface area contributed by atoms with Crippen LogP contribution in [0.15, 0.2) is 30.3 Å². The summed E-state index contributed by atoms with van der Waals surface area (Å²) >= 11 is 0. The molecule has 5 nitrogen and oxygen atoms in total. The average Bonchev–Trinajstić information content (AvgIpc) is 2.46. The molecule has 0 bridgehead atoms. The molecule has 0 saturated heterocycles. The van der Waals surface area contributed by atoms with Crippen LogP contribution in [-0.2, 0) is 4.74 Å². The van der Waals surface area contributed by atoms with Gasteiger partial charge in [-0.15, -0.1) is 0 Å². The maximum absolute atomic E-state index is 13.6. The first kappa shape index (κ1) is 15.2. The van der Waals surface area contributed by atoms with E-state index >= 15 is 0 Å². The summed E-state index contributed by atoms with van der Waals surface area (Å²) in [6.45, 7) is 3.31. The van der Waals surface area contributed by atoms with Gasteiger partial charge in [0.2, 0.25) is 5.95 Å². The number of para-hydroxylation sites is 1. The summed E-state index contributed by atoms with van der Waals surface area (Å²) in [5, 5.41) is 6.09. The summed E-state index contributed by atoms with van der Waals surface area (Å²) in [5.74, 6) is 0.740. The Hall–Kier alpha value is -2.21. The summed E-state index contributed by atoms with van der Waals surface area (Å²) in [6.07, 6.45) is 0.885. The number of anilines is 3. The van der Waals surface area contributed by atoms with Crippen molar-refractivity contribution in [2.75, 3.05) is 30.9 Å². The minimum absolute atomic E-state index is 0.336. The van der Waals surface area contributed by atoms with Crippen LogP contribution in [0.1, 0.15) is 12.1 Å². The van der Waals surface area contributed by atoms with E-state index in [9.17, 15) is 4.39 Å². The summed E-state index contributed by atoms with van der Waals surface area (Å²) in [7, 11) is 1.67. The summed E-state index contributed by atoms with van der Waals surface area (Å²) < 4.78 is 18.6. The average molecular weight is 290 g/mol. The highest BCUT2D eigenvalue weighted by atomic mass is 19.1. The molecule has 0 aliphatic rings. The number of hydrogen-bond donors (Lipinski definition) is 2.